The van der Waals surface area contributed by atoms with E-state index in [1.165, 1.54) is 12.1 Å². The molecule has 3 heterocycles. The van der Waals surface area contributed by atoms with Crippen molar-refractivity contribution in [2.24, 2.45) is 0 Å². The van der Waals surface area contributed by atoms with E-state index in [0.29, 0.717) is 24.1 Å². The largest absolute Gasteiger partial charge is 0.459 e. The normalized spacial score (nSPS) is 16.1. The monoisotopic (exact) mass is 342 g/mol. The van der Waals surface area contributed by atoms with Crippen molar-refractivity contribution in [2.75, 3.05) is 31.1 Å². The lowest BCUT2D eigenvalue weighted by Gasteiger charge is -2.23. The minimum atomic E-state index is -0.205. The van der Waals surface area contributed by atoms with Gasteiger partial charge in [-0.25, -0.2) is 4.39 Å². The van der Waals surface area contributed by atoms with E-state index in [0.717, 1.165) is 38.3 Å². The highest BCUT2D eigenvalue weighted by molar-refractivity contribution is 5.46. The Kier molecular flexibility index (Phi) is 4.47. The highest BCUT2D eigenvalue weighted by atomic mass is 19.1. The van der Waals surface area contributed by atoms with Gasteiger partial charge >= 0.3 is 0 Å². The Morgan fingerprint density at radius 2 is 1.88 bits per heavy atom. The average molecular weight is 342 g/mol. The zero-order valence-corrected chi connectivity index (χ0v) is 13.8. The van der Waals surface area contributed by atoms with Crippen LogP contribution >= 0.6 is 0 Å². The lowest BCUT2D eigenvalue weighted by molar-refractivity contribution is 0.255. The van der Waals surface area contributed by atoms with Crippen LogP contribution in [0, 0.1) is 5.82 Å². The number of hydrogen-bond donors (Lipinski definition) is 0. The quantitative estimate of drug-likeness (QED) is 0.726. The minimum Gasteiger partial charge on any atom is -0.459 e. The van der Waals surface area contributed by atoms with Crippen LogP contribution in [-0.4, -0.2) is 41.3 Å². The molecule has 0 bridgehead atoms. The van der Waals surface area contributed by atoms with Crippen LogP contribution in [-0.2, 0) is 6.54 Å². The number of rotatable bonds is 4. The highest BCUT2D eigenvalue weighted by Crippen LogP contribution is 2.20. The van der Waals surface area contributed by atoms with Crippen molar-refractivity contribution in [3.05, 3.63) is 54.4 Å². The third-order valence-corrected chi connectivity index (χ3v) is 4.34. The molecule has 0 aliphatic carbocycles. The van der Waals surface area contributed by atoms with Gasteiger partial charge < -0.3 is 13.7 Å². The summed E-state index contributed by atoms with van der Waals surface area (Å²) in [7, 11) is 0. The molecule has 1 aromatic carbocycles. The van der Waals surface area contributed by atoms with Gasteiger partial charge in [-0.2, -0.15) is 0 Å². The first-order valence-electron chi connectivity index (χ1n) is 8.37. The van der Waals surface area contributed by atoms with E-state index in [4.69, 9.17) is 8.83 Å². The first kappa shape index (κ1) is 15.8. The molecule has 1 aliphatic rings. The first-order valence-corrected chi connectivity index (χ1v) is 8.37. The highest BCUT2D eigenvalue weighted by Gasteiger charge is 2.18. The lowest BCUT2D eigenvalue weighted by atomic mass is 10.2. The Labute approximate surface area is 144 Å². The fraction of sp³-hybridized carbons (Fsp3) is 0.333. The Balaban J connectivity index is 1.37. The van der Waals surface area contributed by atoms with Gasteiger partial charge in [0.05, 0.1) is 12.8 Å². The van der Waals surface area contributed by atoms with Gasteiger partial charge in [-0.15, -0.1) is 10.2 Å². The van der Waals surface area contributed by atoms with Gasteiger partial charge in [0.1, 0.15) is 5.82 Å². The summed E-state index contributed by atoms with van der Waals surface area (Å²) in [5.41, 5.74) is 1.06. The third-order valence-electron chi connectivity index (χ3n) is 4.34. The molecule has 0 spiro atoms. The van der Waals surface area contributed by atoms with Crippen LogP contribution in [0.15, 0.2) is 51.5 Å². The van der Waals surface area contributed by atoms with Gasteiger partial charge in [0, 0.05) is 31.9 Å². The van der Waals surface area contributed by atoms with Crippen molar-refractivity contribution in [3.63, 3.8) is 0 Å². The number of halogens is 1. The zero-order valence-electron chi connectivity index (χ0n) is 13.8. The molecule has 25 heavy (non-hydrogen) atoms. The van der Waals surface area contributed by atoms with Crippen molar-refractivity contribution in [1.29, 1.82) is 0 Å². The predicted molar refractivity (Wildman–Crippen MR) is 90.5 cm³/mol. The van der Waals surface area contributed by atoms with Crippen LogP contribution in [0.1, 0.15) is 12.3 Å². The van der Waals surface area contributed by atoms with Crippen LogP contribution in [0.4, 0.5) is 10.1 Å². The van der Waals surface area contributed by atoms with E-state index in [-0.39, 0.29) is 5.82 Å². The summed E-state index contributed by atoms with van der Waals surface area (Å²) in [5, 5.41) is 8.15. The summed E-state index contributed by atoms with van der Waals surface area (Å²) < 4.78 is 24.0. The molecule has 1 aliphatic heterocycles. The Hall–Kier alpha value is -2.67. The van der Waals surface area contributed by atoms with Gasteiger partial charge in [-0.3, -0.25) is 4.90 Å². The van der Waals surface area contributed by atoms with Crippen LogP contribution in [0.25, 0.3) is 11.7 Å². The molecule has 0 amide bonds. The molecular formula is C18H19FN4O2. The summed E-state index contributed by atoms with van der Waals surface area (Å²) in [4.78, 5) is 4.57. The number of furan rings is 1. The topological polar surface area (TPSA) is 58.5 Å². The van der Waals surface area contributed by atoms with Gasteiger partial charge in [0.15, 0.2) is 5.76 Å². The van der Waals surface area contributed by atoms with Crippen molar-refractivity contribution < 1.29 is 13.2 Å². The molecule has 130 valence electrons. The molecule has 1 saturated heterocycles. The number of benzene rings is 1. The molecule has 0 N–H and O–H groups in total. The maximum absolute atomic E-state index is 13.1. The zero-order chi connectivity index (χ0) is 17.1. The summed E-state index contributed by atoms with van der Waals surface area (Å²) in [6.07, 6.45) is 2.61. The molecule has 3 aromatic rings. The third kappa shape index (κ3) is 3.71. The molecule has 2 aromatic heterocycles. The first-order chi connectivity index (χ1) is 12.3. The van der Waals surface area contributed by atoms with Crippen LogP contribution in [0.3, 0.4) is 0 Å². The van der Waals surface area contributed by atoms with Gasteiger partial charge in [0.25, 0.3) is 5.89 Å². The Morgan fingerprint density at radius 1 is 1.00 bits per heavy atom. The second kappa shape index (κ2) is 7.06. The average Bonchev–Trinajstić information content (AvgIpc) is 3.25. The van der Waals surface area contributed by atoms with Crippen molar-refractivity contribution in [2.45, 2.75) is 13.0 Å². The molecule has 0 saturated carbocycles. The predicted octanol–water partition coefficient (Wildman–Crippen LogP) is 3.18. The molecule has 4 rings (SSSR count). The maximum atomic E-state index is 13.1. The summed E-state index contributed by atoms with van der Waals surface area (Å²) in [6.45, 7) is 4.28. The maximum Gasteiger partial charge on any atom is 0.283 e. The van der Waals surface area contributed by atoms with Gasteiger partial charge in [0.2, 0.25) is 5.89 Å². The summed E-state index contributed by atoms with van der Waals surface area (Å²) in [6, 6.07) is 10.3. The Morgan fingerprint density at radius 3 is 2.68 bits per heavy atom. The second-order valence-corrected chi connectivity index (χ2v) is 6.07. The molecule has 0 radical (unpaired) electrons. The number of aromatic nitrogens is 2. The van der Waals surface area contributed by atoms with Gasteiger partial charge in [-0.1, -0.05) is 0 Å². The fourth-order valence-electron chi connectivity index (χ4n) is 3.05. The standard InChI is InChI=1S/C18H19FN4O2/c19-14-4-6-15(7-5-14)23-9-2-8-22(10-11-23)13-17-20-21-18(25-17)16-3-1-12-24-16/h1,3-7,12H,2,8-11,13H2. The number of hydrogen-bond acceptors (Lipinski definition) is 6. The minimum absolute atomic E-state index is 0.205. The van der Waals surface area contributed by atoms with Crippen LogP contribution < -0.4 is 4.90 Å². The summed E-state index contributed by atoms with van der Waals surface area (Å²) in [5.74, 6) is 1.37. The molecule has 1 fully saturated rings. The molecule has 7 heteroatoms. The smallest absolute Gasteiger partial charge is 0.283 e. The van der Waals surface area contributed by atoms with E-state index in [9.17, 15) is 4.39 Å². The fourth-order valence-corrected chi connectivity index (χ4v) is 3.05. The van der Waals surface area contributed by atoms with E-state index in [2.05, 4.69) is 20.0 Å². The number of anilines is 1. The SMILES string of the molecule is Fc1ccc(N2CCCN(Cc3nnc(-c4ccco4)o3)CC2)cc1. The molecule has 0 unspecified atom stereocenters. The molecule has 6 nitrogen and oxygen atoms in total. The van der Waals surface area contributed by atoms with Crippen molar-refractivity contribution in [1.82, 2.24) is 15.1 Å². The van der Waals surface area contributed by atoms with E-state index in [1.54, 1.807) is 18.4 Å². The van der Waals surface area contributed by atoms with E-state index < -0.39 is 0 Å². The van der Waals surface area contributed by atoms with Crippen LogP contribution in [0.5, 0.6) is 0 Å². The van der Waals surface area contributed by atoms with Crippen molar-refractivity contribution in [3.8, 4) is 11.7 Å². The number of nitrogens with zero attached hydrogens (tertiary/aromatic N) is 4. The van der Waals surface area contributed by atoms with E-state index >= 15 is 0 Å². The lowest BCUT2D eigenvalue weighted by Crippen LogP contribution is -2.30. The van der Waals surface area contributed by atoms with Crippen LogP contribution in [0.2, 0.25) is 0 Å². The molecular weight excluding hydrogens is 323 g/mol. The second-order valence-electron chi connectivity index (χ2n) is 6.07. The summed E-state index contributed by atoms with van der Waals surface area (Å²) >= 11 is 0. The molecule has 0 atom stereocenters. The van der Waals surface area contributed by atoms with E-state index in [1.807, 2.05) is 12.1 Å². The van der Waals surface area contributed by atoms with Gasteiger partial charge in [-0.05, 0) is 42.8 Å². The van der Waals surface area contributed by atoms with Crippen molar-refractivity contribution >= 4 is 5.69 Å². The Bertz CT molecular complexity index is 801.